The lowest BCUT2D eigenvalue weighted by atomic mass is 10.1. The Bertz CT molecular complexity index is 1370. The number of thiazole rings is 1. The number of esters is 1. The molecule has 0 saturated heterocycles. The lowest BCUT2D eigenvalue weighted by Crippen LogP contribution is -2.22. The highest BCUT2D eigenvalue weighted by Crippen LogP contribution is 2.27. The zero-order valence-electron chi connectivity index (χ0n) is 17.6. The maximum atomic E-state index is 13.6. The molecule has 9 heteroatoms. The Morgan fingerprint density at radius 2 is 1.75 bits per heavy atom. The number of aryl methyl sites for hydroxylation is 1. The van der Waals surface area contributed by atoms with Crippen molar-refractivity contribution in [3.05, 3.63) is 74.5 Å². The van der Waals surface area contributed by atoms with Crippen LogP contribution in [-0.4, -0.2) is 32.4 Å². The number of para-hydroxylation sites is 1. The molecule has 2 heterocycles. The van der Waals surface area contributed by atoms with E-state index in [-0.39, 0.29) is 17.3 Å². The van der Waals surface area contributed by atoms with Gasteiger partial charge >= 0.3 is 5.97 Å². The van der Waals surface area contributed by atoms with Crippen molar-refractivity contribution in [2.75, 3.05) is 12.4 Å². The molecule has 0 aliphatic heterocycles. The second-order valence-electron chi connectivity index (χ2n) is 6.84. The van der Waals surface area contributed by atoms with Gasteiger partial charge in [0.05, 0.1) is 18.0 Å². The van der Waals surface area contributed by atoms with Crippen LogP contribution in [0.15, 0.2) is 64.5 Å². The molecule has 0 bridgehead atoms. The largest absolute Gasteiger partial charge is 0.465 e. The van der Waals surface area contributed by atoms with Crippen LogP contribution < -0.4 is 5.56 Å². The Balaban J connectivity index is 1.92. The highest BCUT2D eigenvalue weighted by atomic mass is 32.2. The third kappa shape index (κ3) is 4.41. The standard InChI is InChI=1S/C23H21N3O3S3/c1-3-15-10-12-17(13-11-15)25-20-19(32-23(25)30)21(28)26(16-8-6-5-7-9-16)22(24-20)31-14-18(27)29-4-2/h5-13H,3-4,14H2,1-2H3. The lowest BCUT2D eigenvalue weighted by molar-refractivity contribution is -0.139. The highest BCUT2D eigenvalue weighted by Gasteiger charge is 2.20. The van der Waals surface area contributed by atoms with Crippen molar-refractivity contribution in [1.29, 1.82) is 0 Å². The molecule has 0 unspecified atom stereocenters. The van der Waals surface area contributed by atoms with E-state index in [0.29, 0.717) is 31.8 Å². The van der Waals surface area contributed by atoms with Gasteiger partial charge in [0.2, 0.25) is 0 Å². The maximum Gasteiger partial charge on any atom is 0.316 e. The fraction of sp³-hybridized carbons (Fsp3) is 0.217. The molecule has 4 rings (SSSR count). The van der Waals surface area contributed by atoms with Gasteiger partial charge in [-0.15, -0.1) is 0 Å². The number of fused-ring (bicyclic) bond motifs is 1. The average Bonchev–Trinajstić information content (AvgIpc) is 3.14. The van der Waals surface area contributed by atoms with Crippen molar-refractivity contribution in [3.8, 4) is 11.4 Å². The van der Waals surface area contributed by atoms with Gasteiger partial charge in [0.15, 0.2) is 14.8 Å². The van der Waals surface area contributed by atoms with Gasteiger partial charge in [0.1, 0.15) is 4.70 Å². The van der Waals surface area contributed by atoms with E-state index in [4.69, 9.17) is 21.9 Å². The Labute approximate surface area is 198 Å². The smallest absolute Gasteiger partial charge is 0.316 e. The Morgan fingerprint density at radius 3 is 2.41 bits per heavy atom. The normalized spacial score (nSPS) is 11.1. The van der Waals surface area contributed by atoms with Crippen LogP contribution in [0.25, 0.3) is 21.7 Å². The summed E-state index contributed by atoms with van der Waals surface area (Å²) in [5.41, 5.74) is 3.02. The van der Waals surface area contributed by atoms with Gasteiger partial charge in [0.25, 0.3) is 5.56 Å². The van der Waals surface area contributed by atoms with Gasteiger partial charge in [-0.1, -0.05) is 60.4 Å². The molecular formula is C23H21N3O3S3. The quantitative estimate of drug-likeness (QED) is 0.156. The molecule has 0 spiro atoms. The number of hydrogen-bond acceptors (Lipinski definition) is 7. The predicted molar refractivity (Wildman–Crippen MR) is 132 cm³/mol. The summed E-state index contributed by atoms with van der Waals surface area (Å²) in [5, 5.41) is 0.411. The number of rotatable bonds is 7. The minimum absolute atomic E-state index is 0.0503. The maximum absolute atomic E-state index is 13.6. The Morgan fingerprint density at radius 1 is 1.06 bits per heavy atom. The van der Waals surface area contributed by atoms with Crippen LogP contribution in [0.5, 0.6) is 0 Å². The third-order valence-electron chi connectivity index (χ3n) is 4.82. The lowest BCUT2D eigenvalue weighted by Gasteiger charge is -2.13. The van der Waals surface area contributed by atoms with E-state index in [2.05, 4.69) is 6.92 Å². The van der Waals surface area contributed by atoms with Gasteiger partial charge in [-0.2, -0.15) is 0 Å². The van der Waals surface area contributed by atoms with Gasteiger partial charge < -0.3 is 4.74 Å². The van der Waals surface area contributed by atoms with Crippen LogP contribution in [0.3, 0.4) is 0 Å². The third-order valence-corrected chi connectivity index (χ3v) is 7.08. The van der Waals surface area contributed by atoms with Gasteiger partial charge in [0, 0.05) is 5.69 Å². The molecule has 164 valence electrons. The molecule has 0 aliphatic carbocycles. The SMILES string of the molecule is CCOC(=O)CSc1nc2c(sc(=S)n2-c2ccc(CC)cc2)c(=O)n1-c1ccccc1. The number of carbonyl (C=O) groups excluding carboxylic acids is 1. The number of nitrogens with zero attached hydrogens (tertiary/aromatic N) is 3. The van der Waals surface area contributed by atoms with Crippen LogP contribution in [0.4, 0.5) is 0 Å². The molecule has 4 aromatic rings. The van der Waals surface area contributed by atoms with Crippen LogP contribution in [-0.2, 0) is 16.0 Å². The van der Waals surface area contributed by atoms with Crippen molar-refractivity contribution in [2.45, 2.75) is 25.4 Å². The first kappa shape index (κ1) is 22.4. The minimum atomic E-state index is -0.358. The summed E-state index contributed by atoms with van der Waals surface area (Å²) in [6, 6.07) is 17.3. The highest BCUT2D eigenvalue weighted by molar-refractivity contribution is 7.99. The van der Waals surface area contributed by atoms with Crippen molar-refractivity contribution in [1.82, 2.24) is 14.1 Å². The molecule has 2 aromatic heterocycles. The summed E-state index contributed by atoms with van der Waals surface area (Å²) in [6.07, 6.45) is 0.935. The van der Waals surface area contributed by atoms with Crippen molar-refractivity contribution in [3.63, 3.8) is 0 Å². The topological polar surface area (TPSA) is 66.1 Å². The van der Waals surface area contributed by atoms with Crippen LogP contribution in [0.2, 0.25) is 0 Å². The number of carbonyl (C=O) groups is 1. The first-order valence-electron chi connectivity index (χ1n) is 10.1. The van der Waals surface area contributed by atoms with Crippen LogP contribution in [0, 0.1) is 3.95 Å². The number of hydrogen-bond donors (Lipinski definition) is 0. The molecule has 0 fully saturated rings. The summed E-state index contributed by atoms with van der Waals surface area (Å²) < 4.78 is 9.41. The van der Waals surface area contributed by atoms with E-state index in [1.165, 1.54) is 33.2 Å². The van der Waals surface area contributed by atoms with Crippen molar-refractivity contribution < 1.29 is 9.53 Å². The zero-order chi connectivity index (χ0) is 22.7. The van der Waals surface area contributed by atoms with E-state index in [1.807, 2.05) is 59.2 Å². The fourth-order valence-corrected chi connectivity index (χ4v) is 5.38. The molecule has 0 aliphatic rings. The van der Waals surface area contributed by atoms with Crippen LogP contribution >= 0.6 is 35.3 Å². The van der Waals surface area contributed by atoms with E-state index in [1.54, 1.807) is 6.92 Å². The van der Waals surface area contributed by atoms with Gasteiger partial charge in [-0.3, -0.25) is 18.7 Å². The number of ether oxygens (including phenoxy) is 1. The Hall–Kier alpha value is -2.75. The zero-order valence-corrected chi connectivity index (χ0v) is 20.1. The average molecular weight is 484 g/mol. The van der Waals surface area contributed by atoms with Crippen LogP contribution in [0.1, 0.15) is 19.4 Å². The second kappa shape index (κ2) is 9.81. The number of aromatic nitrogens is 3. The summed E-state index contributed by atoms with van der Waals surface area (Å²) in [4.78, 5) is 30.4. The van der Waals surface area contributed by atoms with Crippen molar-refractivity contribution in [2.24, 2.45) is 0 Å². The molecule has 6 nitrogen and oxygen atoms in total. The molecule has 0 atom stereocenters. The van der Waals surface area contributed by atoms with Gasteiger partial charge in [-0.25, -0.2) is 4.98 Å². The van der Waals surface area contributed by atoms with E-state index in [9.17, 15) is 9.59 Å². The first-order valence-corrected chi connectivity index (χ1v) is 12.4. The molecule has 0 saturated carbocycles. The molecular weight excluding hydrogens is 462 g/mol. The minimum Gasteiger partial charge on any atom is -0.465 e. The molecule has 0 radical (unpaired) electrons. The molecule has 0 N–H and O–H groups in total. The second-order valence-corrected chi connectivity index (χ2v) is 9.43. The monoisotopic (exact) mass is 483 g/mol. The van der Waals surface area contributed by atoms with E-state index in [0.717, 1.165) is 12.1 Å². The molecule has 32 heavy (non-hydrogen) atoms. The Kier molecular flexibility index (Phi) is 6.88. The van der Waals surface area contributed by atoms with Crippen molar-refractivity contribution >= 4 is 51.6 Å². The number of thioether (sulfide) groups is 1. The number of benzene rings is 2. The predicted octanol–water partition coefficient (Wildman–Crippen LogP) is 5.18. The molecule has 2 aromatic carbocycles. The van der Waals surface area contributed by atoms with E-state index >= 15 is 0 Å². The van der Waals surface area contributed by atoms with E-state index < -0.39 is 0 Å². The summed E-state index contributed by atoms with van der Waals surface area (Å²) in [7, 11) is 0. The summed E-state index contributed by atoms with van der Waals surface area (Å²) in [6.45, 7) is 4.16. The first-order chi connectivity index (χ1) is 15.5. The molecule has 0 amide bonds. The summed E-state index contributed by atoms with van der Waals surface area (Å²) in [5.74, 6) is -0.307. The summed E-state index contributed by atoms with van der Waals surface area (Å²) >= 11 is 8.03. The fourth-order valence-electron chi connectivity index (χ4n) is 3.27. The van der Waals surface area contributed by atoms with Gasteiger partial charge in [-0.05, 0) is 55.4 Å².